The van der Waals surface area contributed by atoms with Crippen LogP contribution in [-0.2, 0) is 13.2 Å². The molecule has 0 atom stereocenters. The third-order valence-electron chi connectivity index (χ3n) is 4.53. The number of rotatable bonds is 8. The van der Waals surface area contributed by atoms with Crippen LogP contribution >= 0.6 is 23.2 Å². The monoisotopic (exact) mass is 445 g/mol. The minimum Gasteiger partial charge on any atom is -0.493 e. The van der Waals surface area contributed by atoms with Crippen LogP contribution < -0.4 is 14.8 Å². The Balaban J connectivity index is 1.71. The molecular weight excluding hydrogens is 425 g/mol. The maximum Gasteiger partial charge on any atom is 0.337 e. The van der Waals surface area contributed by atoms with Crippen molar-refractivity contribution >= 4 is 34.9 Å². The number of aryl methyl sites for hydroxylation is 1. The largest absolute Gasteiger partial charge is 0.493 e. The normalized spacial score (nSPS) is 10.5. The van der Waals surface area contributed by atoms with E-state index in [2.05, 4.69) is 5.32 Å². The molecule has 0 aliphatic rings. The molecule has 156 valence electrons. The molecule has 0 aromatic heterocycles. The summed E-state index contributed by atoms with van der Waals surface area (Å²) in [6.07, 6.45) is 0. The Bertz CT molecular complexity index is 1050. The molecule has 0 saturated heterocycles. The smallest absolute Gasteiger partial charge is 0.337 e. The van der Waals surface area contributed by atoms with Crippen molar-refractivity contribution in [3.8, 4) is 11.5 Å². The first-order valence-electron chi connectivity index (χ1n) is 9.19. The fourth-order valence-electron chi connectivity index (χ4n) is 2.83. The van der Waals surface area contributed by atoms with Crippen molar-refractivity contribution in [1.29, 1.82) is 0 Å². The lowest BCUT2D eigenvalue weighted by Crippen LogP contribution is -2.04. The molecule has 0 radical (unpaired) electrons. The highest BCUT2D eigenvalue weighted by molar-refractivity contribution is 6.33. The van der Waals surface area contributed by atoms with Gasteiger partial charge in [0.25, 0.3) is 0 Å². The van der Waals surface area contributed by atoms with E-state index >= 15 is 0 Å². The van der Waals surface area contributed by atoms with Crippen molar-refractivity contribution < 1.29 is 19.4 Å². The number of aromatic carboxylic acids is 1. The lowest BCUT2D eigenvalue weighted by Gasteiger charge is -2.15. The second-order valence-electron chi connectivity index (χ2n) is 6.72. The van der Waals surface area contributed by atoms with Crippen molar-refractivity contribution in [2.45, 2.75) is 20.1 Å². The van der Waals surface area contributed by atoms with Gasteiger partial charge < -0.3 is 19.9 Å². The van der Waals surface area contributed by atoms with Crippen molar-refractivity contribution in [2.24, 2.45) is 0 Å². The fraction of sp³-hybridized carbons (Fsp3) is 0.174. The maximum atomic E-state index is 11.1. The Hall–Kier alpha value is -2.89. The summed E-state index contributed by atoms with van der Waals surface area (Å²) < 4.78 is 11.4. The summed E-state index contributed by atoms with van der Waals surface area (Å²) >= 11 is 12.5. The van der Waals surface area contributed by atoms with Crippen molar-refractivity contribution in [2.75, 3.05) is 12.4 Å². The van der Waals surface area contributed by atoms with Gasteiger partial charge in [-0.2, -0.15) is 0 Å². The Labute approximate surface area is 185 Å². The molecule has 0 fully saturated rings. The number of carbonyl (C=O) groups is 1. The van der Waals surface area contributed by atoms with Crippen LogP contribution in [-0.4, -0.2) is 18.2 Å². The molecule has 0 heterocycles. The zero-order valence-corrected chi connectivity index (χ0v) is 18.1. The number of carboxylic acid groups (broad SMARTS) is 1. The van der Waals surface area contributed by atoms with Crippen LogP contribution in [0.2, 0.25) is 10.0 Å². The highest BCUT2D eigenvalue weighted by Crippen LogP contribution is 2.34. The second-order valence-corrected chi connectivity index (χ2v) is 7.54. The Kier molecular flexibility index (Phi) is 7.08. The van der Waals surface area contributed by atoms with Gasteiger partial charge in [-0.1, -0.05) is 53.0 Å². The van der Waals surface area contributed by atoms with Gasteiger partial charge in [-0.15, -0.1) is 0 Å². The Morgan fingerprint density at radius 1 is 1.00 bits per heavy atom. The molecule has 5 nitrogen and oxygen atoms in total. The molecule has 0 aliphatic heterocycles. The minimum atomic E-state index is -1.07. The first kappa shape index (κ1) is 21.8. The summed E-state index contributed by atoms with van der Waals surface area (Å²) in [4.78, 5) is 11.1. The van der Waals surface area contributed by atoms with E-state index < -0.39 is 5.97 Å². The Morgan fingerprint density at radius 2 is 1.73 bits per heavy atom. The quantitative estimate of drug-likeness (QED) is 0.431. The number of ether oxygens (including phenoxy) is 2. The molecule has 3 aromatic carbocycles. The molecule has 3 aromatic rings. The van der Waals surface area contributed by atoms with Crippen LogP contribution in [0.1, 0.15) is 27.0 Å². The SMILES string of the molecule is COc1cc(CNc2ccc(C(=O)O)c(Cl)c2)c(Cl)cc1OCc1ccc(C)cc1. The van der Waals surface area contributed by atoms with E-state index in [4.69, 9.17) is 37.8 Å². The van der Waals surface area contributed by atoms with E-state index in [0.717, 1.165) is 11.1 Å². The third-order valence-corrected chi connectivity index (χ3v) is 5.19. The van der Waals surface area contributed by atoms with E-state index in [1.165, 1.54) is 11.6 Å². The molecule has 0 spiro atoms. The number of carboxylic acids is 1. The summed E-state index contributed by atoms with van der Waals surface area (Å²) in [6.45, 7) is 2.84. The molecular formula is C23H21Cl2NO4. The first-order valence-corrected chi connectivity index (χ1v) is 9.94. The Morgan fingerprint density at radius 3 is 2.37 bits per heavy atom. The third kappa shape index (κ3) is 5.38. The van der Waals surface area contributed by atoms with E-state index in [-0.39, 0.29) is 10.6 Å². The molecule has 7 heteroatoms. The summed E-state index contributed by atoms with van der Waals surface area (Å²) in [5, 5.41) is 12.9. The van der Waals surface area contributed by atoms with Gasteiger partial charge in [-0.25, -0.2) is 4.79 Å². The first-order chi connectivity index (χ1) is 14.4. The minimum absolute atomic E-state index is 0.0528. The van der Waals surface area contributed by atoms with Crippen LogP contribution in [0.15, 0.2) is 54.6 Å². The van der Waals surface area contributed by atoms with Gasteiger partial charge in [-0.3, -0.25) is 0 Å². The van der Waals surface area contributed by atoms with E-state index in [1.807, 2.05) is 37.3 Å². The number of halogens is 2. The van der Waals surface area contributed by atoms with Gasteiger partial charge in [-0.05, 0) is 42.3 Å². The number of benzene rings is 3. The van der Waals surface area contributed by atoms with Crippen LogP contribution in [0.3, 0.4) is 0 Å². The predicted molar refractivity (Wildman–Crippen MR) is 119 cm³/mol. The molecule has 0 unspecified atom stereocenters. The van der Waals surface area contributed by atoms with Crippen molar-refractivity contribution in [3.63, 3.8) is 0 Å². The van der Waals surface area contributed by atoms with Gasteiger partial charge in [0.05, 0.1) is 17.7 Å². The summed E-state index contributed by atoms with van der Waals surface area (Å²) in [5.74, 6) is 0.0591. The number of methoxy groups -OCH3 is 1. The van der Waals surface area contributed by atoms with Crippen LogP contribution in [0.5, 0.6) is 11.5 Å². The van der Waals surface area contributed by atoms with Gasteiger partial charge in [0.15, 0.2) is 11.5 Å². The number of anilines is 1. The standard InChI is InChI=1S/C23H21Cl2NO4/c1-14-3-5-15(6-4-14)13-30-22-11-19(24)16(9-21(22)29-2)12-26-17-7-8-18(23(27)28)20(25)10-17/h3-11,26H,12-13H2,1-2H3,(H,27,28). The van der Waals surface area contributed by atoms with Crippen LogP contribution in [0.25, 0.3) is 0 Å². The van der Waals surface area contributed by atoms with Gasteiger partial charge in [0, 0.05) is 23.3 Å². The lowest BCUT2D eigenvalue weighted by molar-refractivity contribution is 0.0697. The van der Waals surface area contributed by atoms with Gasteiger partial charge >= 0.3 is 5.97 Å². The lowest BCUT2D eigenvalue weighted by atomic mass is 10.1. The maximum absolute atomic E-state index is 11.1. The van der Waals surface area contributed by atoms with Crippen LogP contribution in [0, 0.1) is 6.92 Å². The zero-order valence-electron chi connectivity index (χ0n) is 16.5. The average Bonchev–Trinajstić information content (AvgIpc) is 2.72. The van der Waals surface area contributed by atoms with E-state index in [1.54, 1.807) is 25.3 Å². The highest BCUT2D eigenvalue weighted by atomic mass is 35.5. The second kappa shape index (κ2) is 9.74. The molecule has 2 N–H and O–H groups in total. The van der Waals surface area contributed by atoms with E-state index in [9.17, 15) is 4.79 Å². The molecule has 30 heavy (non-hydrogen) atoms. The number of hydrogen-bond donors (Lipinski definition) is 2. The average molecular weight is 446 g/mol. The molecule has 0 bridgehead atoms. The fourth-order valence-corrected chi connectivity index (χ4v) is 3.31. The van der Waals surface area contributed by atoms with Crippen LogP contribution in [0.4, 0.5) is 5.69 Å². The summed E-state index contributed by atoms with van der Waals surface area (Å²) in [7, 11) is 1.57. The summed E-state index contributed by atoms with van der Waals surface area (Å²) in [5.41, 5.74) is 3.77. The molecule has 0 aliphatic carbocycles. The molecule has 0 amide bonds. The number of nitrogens with one attached hydrogen (secondary N) is 1. The zero-order chi connectivity index (χ0) is 21.7. The summed E-state index contributed by atoms with van der Waals surface area (Å²) in [6, 6.07) is 16.3. The van der Waals surface area contributed by atoms with Crippen molar-refractivity contribution in [1.82, 2.24) is 0 Å². The topological polar surface area (TPSA) is 67.8 Å². The molecule has 3 rings (SSSR count). The number of hydrogen-bond acceptors (Lipinski definition) is 4. The van der Waals surface area contributed by atoms with Gasteiger partial charge in [0.1, 0.15) is 6.61 Å². The predicted octanol–water partition coefficient (Wildman–Crippen LogP) is 6.20. The van der Waals surface area contributed by atoms with Gasteiger partial charge in [0.2, 0.25) is 0 Å². The van der Waals surface area contributed by atoms with E-state index in [0.29, 0.717) is 35.4 Å². The van der Waals surface area contributed by atoms with Crippen molar-refractivity contribution in [3.05, 3.63) is 86.9 Å². The molecule has 0 saturated carbocycles. The highest BCUT2D eigenvalue weighted by Gasteiger charge is 2.12.